The van der Waals surface area contributed by atoms with Crippen LogP contribution in [0.2, 0.25) is 0 Å². The third-order valence-electron chi connectivity index (χ3n) is 4.26. The number of hydrogen-bond acceptors (Lipinski definition) is 2. The molecule has 1 spiro atoms. The van der Waals surface area contributed by atoms with E-state index in [1.165, 1.54) is 25.5 Å². The first-order chi connectivity index (χ1) is 5.88. The van der Waals surface area contributed by atoms with Gasteiger partial charge in [0.25, 0.3) is 0 Å². The standard InChI is InChI=1S/C10H14O2/c11-6-8-7-2-5-12-9(7)10(8)3-1-4-10/h6-9H,1-5H2. The molecule has 3 aliphatic rings. The molecule has 2 saturated carbocycles. The maximum absolute atomic E-state index is 10.9. The first kappa shape index (κ1) is 7.07. The van der Waals surface area contributed by atoms with E-state index >= 15 is 0 Å². The molecule has 3 unspecified atom stereocenters. The van der Waals surface area contributed by atoms with Gasteiger partial charge in [-0.05, 0) is 25.2 Å². The number of carbonyl (C=O) groups is 1. The average molecular weight is 166 g/mol. The fourth-order valence-corrected chi connectivity index (χ4v) is 3.50. The van der Waals surface area contributed by atoms with Crippen molar-refractivity contribution in [2.45, 2.75) is 31.8 Å². The van der Waals surface area contributed by atoms with Crippen LogP contribution in [0, 0.1) is 17.3 Å². The first-order valence-electron chi connectivity index (χ1n) is 4.95. The predicted octanol–water partition coefficient (Wildman–Crippen LogP) is 1.39. The summed E-state index contributed by atoms with van der Waals surface area (Å²) in [5, 5.41) is 0. The Bertz CT molecular complexity index is 220. The molecule has 1 heterocycles. The summed E-state index contributed by atoms with van der Waals surface area (Å²) in [4.78, 5) is 10.9. The van der Waals surface area contributed by atoms with Crippen LogP contribution in [0.3, 0.4) is 0 Å². The average Bonchev–Trinajstić information content (AvgIpc) is 2.32. The molecule has 2 nitrogen and oxygen atoms in total. The topological polar surface area (TPSA) is 26.3 Å². The Morgan fingerprint density at radius 1 is 1.42 bits per heavy atom. The maximum Gasteiger partial charge on any atom is 0.124 e. The Balaban J connectivity index is 1.88. The molecule has 1 aliphatic heterocycles. The Morgan fingerprint density at radius 2 is 2.25 bits per heavy atom. The van der Waals surface area contributed by atoms with Crippen LogP contribution in [-0.4, -0.2) is 19.0 Å². The molecule has 3 atom stereocenters. The van der Waals surface area contributed by atoms with Crippen LogP contribution in [0.1, 0.15) is 25.7 Å². The van der Waals surface area contributed by atoms with Crippen molar-refractivity contribution in [3.05, 3.63) is 0 Å². The van der Waals surface area contributed by atoms with E-state index in [1.807, 2.05) is 0 Å². The van der Waals surface area contributed by atoms with Crippen LogP contribution in [0.25, 0.3) is 0 Å². The fraction of sp³-hybridized carbons (Fsp3) is 0.900. The van der Waals surface area contributed by atoms with E-state index < -0.39 is 0 Å². The lowest BCUT2D eigenvalue weighted by molar-refractivity contribution is -0.195. The number of hydrogen-bond donors (Lipinski definition) is 0. The van der Waals surface area contributed by atoms with Crippen molar-refractivity contribution in [2.24, 2.45) is 17.3 Å². The summed E-state index contributed by atoms with van der Waals surface area (Å²) in [6.45, 7) is 0.890. The highest BCUT2D eigenvalue weighted by Gasteiger charge is 2.66. The highest BCUT2D eigenvalue weighted by atomic mass is 16.5. The van der Waals surface area contributed by atoms with Gasteiger partial charge in [-0.2, -0.15) is 0 Å². The zero-order valence-electron chi connectivity index (χ0n) is 7.16. The maximum atomic E-state index is 10.9. The molecule has 2 heteroatoms. The van der Waals surface area contributed by atoms with E-state index in [1.54, 1.807) is 0 Å². The van der Waals surface area contributed by atoms with Gasteiger partial charge in [0, 0.05) is 17.9 Å². The first-order valence-corrected chi connectivity index (χ1v) is 4.95. The fourth-order valence-electron chi connectivity index (χ4n) is 3.50. The van der Waals surface area contributed by atoms with Gasteiger partial charge in [0.15, 0.2) is 0 Å². The van der Waals surface area contributed by atoms with Crippen molar-refractivity contribution in [2.75, 3.05) is 6.61 Å². The monoisotopic (exact) mass is 166 g/mol. The van der Waals surface area contributed by atoms with Gasteiger partial charge in [-0.1, -0.05) is 6.42 Å². The van der Waals surface area contributed by atoms with Crippen molar-refractivity contribution in [1.82, 2.24) is 0 Å². The van der Waals surface area contributed by atoms with Crippen molar-refractivity contribution in [3.63, 3.8) is 0 Å². The summed E-state index contributed by atoms with van der Waals surface area (Å²) in [6.07, 6.45) is 6.54. The van der Waals surface area contributed by atoms with Gasteiger partial charge in [0.05, 0.1) is 6.10 Å². The highest BCUT2D eigenvalue weighted by Crippen LogP contribution is 2.65. The Hall–Kier alpha value is -0.370. The molecule has 0 aromatic carbocycles. The summed E-state index contributed by atoms with van der Waals surface area (Å²) < 4.78 is 5.68. The van der Waals surface area contributed by atoms with Crippen LogP contribution >= 0.6 is 0 Å². The molecule has 12 heavy (non-hydrogen) atoms. The van der Waals surface area contributed by atoms with Crippen LogP contribution < -0.4 is 0 Å². The number of carbonyl (C=O) groups excluding carboxylic acids is 1. The van der Waals surface area contributed by atoms with E-state index in [0.29, 0.717) is 23.4 Å². The molecule has 3 rings (SSSR count). The summed E-state index contributed by atoms with van der Waals surface area (Å²) in [5.74, 6) is 0.932. The Kier molecular flexibility index (Phi) is 1.24. The van der Waals surface area contributed by atoms with Gasteiger partial charge in [-0.15, -0.1) is 0 Å². The van der Waals surface area contributed by atoms with Gasteiger partial charge in [-0.25, -0.2) is 0 Å². The zero-order chi connectivity index (χ0) is 8.18. The van der Waals surface area contributed by atoms with Crippen LogP contribution in [-0.2, 0) is 9.53 Å². The molecule has 0 aromatic heterocycles. The second-order valence-corrected chi connectivity index (χ2v) is 4.49. The molecule has 66 valence electrons. The molecular weight excluding hydrogens is 152 g/mol. The minimum atomic E-state index is 0.322. The van der Waals surface area contributed by atoms with E-state index in [-0.39, 0.29) is 0 Å². The minimum Gasteiger partial charge on any atom is -0.377 e. The lowest BCUT2D eigenvalue weighted by Gasteiger charge is -2.61. The number of aldehydes is 1. The van der Waals surface area contributed by atoms with E-state index in [4.69, 9.17) is 4.74 Å². The van der Waals surface area contributed by atoms with Gasteiger partial charge < -0.3 is 9.53 Å². The molecule has 1 saturated heterocycles. The lowest BCUT2D eigenvalue weighted by Crippen LogP contribution is -2.63. The van der Waals surface area contributed by atoms with Gasteiger partial charge in [0.1, 0.15) is 6.29 Å². The second-order valence-electron chi connectivity index (χ2n) is 4.49. The molecule has 0 radical (unpaired) electrons. The summed E-state index contributed by atoms with van der Waals surface area (Å²) in [5.41, 5.74) is 0.322. The molecule has 0 amide bonds. The van der Waals surface area contributed by atoms with Gasteiger partial charge in [0.2, 0.25) is 0 Å². The number of fused-ring (bicyclic) bond motifs is 2. The normalized spacial score (nSPS) is 47.8. The van der Waals surface area contributed by atoms with Crippen LogP contribution in [0.5, 0.6) is 0 Å². The van der Waals surface area contributed by atoms with Gasteiger partial charge in [-0.3, -0.25) is 0 Å². The highest BCUT2D eigenvalue weighted by molar-refractivity contribution is 5.59. The molecule has 0 aromatic rings. The van der Waals surface area contributed by atoms with E-state index in [0.717, 1.165) is 13.0 Å². The second kappa shape index (κ2) is 2.11. The van der Waals surface area contributed by atoms with Gasteiger partial charge >= 0.3 is 0 Å². The lowest BCUT2D eigenvalue weighted by atomic mass is 9.44. The van der Waals surface area contributed by atoms with Crippen molar-refractivity contribution < 1.29 is 9.53 Å². The van der Waals surface area contributed by atoms with Crippen molar-refractivity contribution in [1.29, 1.82) is 0 Å². The van der Waals surface area contributed by atoms with E-state index in [9.17, 15) is 4.79 Å². The van der Waals surface area contributed by atoms with Crippen molar-refractivity contribution in [3.8, 4) is 0 Å². The Morgan fingerprint density at radius 3 is 2.83 bits per heavy atom. The number of rotatable bonds is 1. The minimum absolute atomic E-state index is 0.322. The largest absolute Gasteiger partial charge is 0.377 e. The zero-order valence-corrected chi connectivity index (χ0v) is 7.16. The summed E-state index contributed by atoms with van der Waals surface area (Å²) in [6, 6.07) is 0. The molecule has 2 aliphatic carbocycles. The smallest absolute Gasteiger partial charge is 0.124 e. The summed E-state index contributed by atoms with van der Waals surface area (Å²) in [7, 11) is 0. The third-order valence-corrected chi connectivity index (χ3v) is 4.26. The predicted molar refractivity (Wildman–Crippen MR) is 43.7 cm³/mol. The number of ether oxygens (including phenoxy) is 1. The van der Waals surface area contributed by atoms with Crippen molar-refractivity contribution >= 4 is 6.29 Å². The third kappa shape index (κ3) is 0.565. The van der Waals surface area contributed by atoms with E-state index in [2.05, 4.69) is 0 Å². The Labute approximate surface area is 72.3 Å². The van der Waals surface area contributed by atoms with Crippen LogP contribution in [0.15, 0.2) is 0 Å². The molecule has 0 bridgehead atoms. The van der Waals surface area contributed by atoms with Crippen LogP contribution in [0.4, 0.5) is 0 Å². The quantitative estimate of drug-likeness (QED) is 0.550. The summed E-state index contributed by atoms with van der Waals surface area (Å²) >= 11 is 0. The molecule has 0 N–H and O–H groups in total. The SMILES string of the molecule is O=CC1C2CCOC2C12CCC2. The molecular formula is C10H14O2. The molecule has 3 fully saturated rings.